The van der Waals surface area contributed by atoms with Crippen LogP contribution in [0.2, 0.25) is 0 Å². The Morgan fingerprint density at radius 2 is 1.83 bits per heavy atom. The molecule has 0 aliphatic carbocycles. The van der Waals surface area contributed by atoms with Gasteiger partial charge in [-0.25, -0.2) is 0 Å². The monoisotopic (exact) mass is 322 g/mol. The smallest absolute Gasteiger partial charge is 0.264 e. The van der Waals surface area contributed by atoms with Gasteiger partial charge in [0.2, 0.25) is 0 Å². The second-order valence-corrected chi connectivity index (χ2v) is 6.57. The molecule has 2 aliphatic heterocycles. The van der Waals surface area contributed by atoms with E-state index in [0.29, 0.717) is 6.42 Å². The largest absolute Gasteiger partial charge is 0.480 e. The third-order valence-corrected chi connectivity index (χ3v) is 4.88. The fourth-order valence-corrected chi connectivity index (χ4v) is 3.53. The number of amides is 1. The molecule has 2 aliphatic rings. The summed E-state index contributed by atoms with van der Waals surface area (Å²) in [6.45, 7) is 5.36. The lowest BCUT2D eigenvalue weighted by molar-refractivity contribution is -0.138. The van der Waals surface area contributed by atoms with Crippen molar-refractivity contribution in [1.29, 1.82) is 0 Å². The second-order valence-electron chi connectivity index (χ2n) is 6.57. The van der Waals surface area contributed by atoms with Gasteiger partial charge in [0, 0.05) is 38.3 Å². The summed E-state index contributed by atoms with van der Waals surface area (Å²) in [4.78, 5) is 17.0. The number of aryl methyl sites for hydroxylation is 1. The Kier molecular flexibility index (Phi) is 3.89. The summed E-state index contributed by atoms with van der Waals surface area (Å²) >= 11 is 0. The van der Waals surface area contributed by atoms with Gasteiger partial charge < -0.3 is 14.5 Å². The van der Waals surface area contributed by atoms with Crippen molar-refractivity contribution in [2.45, 2.75) is 19.4 Å². The van der Waals surface area contributed by atoms with E-state index in [4.69, 9.17) is 4.74 Å². The maximum absolute atomic E-state index is 12.7. The first kappa shape index (κ1) is 15.1. The third-order valence-electron chi connectivity index (χ3n) is 4.88. The Morgan fingerprint density at radius 3 is 2.58 bits per heavy atom. The highest BCUT2D eigenvalue weighted by Crippen LogP contribution is 2.29. The van der Waals surface area contributed by atoms with Crippen LogP contribution < -0.4 is 9.64 Å². The molecule has 24 heavy (non-hydrogen) atoms. The van der Waals surface area contributed by atoms with Crippen LogP contribution in [0.5, 0.6) is 5.75 Å². The van der Waals surface area contributed by atoms with Gasteiger partial charge in [-0.1, -0.05) is 30.3 Å². The van der Waals surface area contributed by atoms with E-state index >= 15 is 0 Å². The third kappa shape index (κ3) is 2.84. The second kappa shape index (κ2) is 6.19. The lowest BCUT2D eigenvalue weighted by atomic mass is 10.1. The molecule has 4 heteroatoms. The summed E-state index contributed by atoms with van der Waals surface area (Å²) in [6, 6.07) is 16.5. The zero-order valence-electron chi connectivity index (χ0n) is 13.9. The molecular formula is C20H22N2O2. The van der Waals surface area contributed by atoms with E-state index < -0.39 is 0 Å². The number of hydrogen-bond donors (Lipinski definition) is 0. The Balaban J connectivity index is 1.37. The highest BCUT2D eigenvalue weighted by Gasteiger charge is 2.33. The normalized spacial score (nSPS) is 19.8. The first-order chi connectivity index (χ1) is 11.7. The van der Waals surface area contributed by atoms with Crippen molar-refractivity contribution in [2.24, 2.45) is 0 Å². The van der Waals surface area contributed by atoms with E-state index in [2.05, 4.69) is 36.1 Å². The van der Waals surface area contributed by atoms with E-state index in [1.807, 2.05) is 29.2 Å². The number of benzene rings is 2. The van der Waals surface area contributed by atoms with Crippen LogP contribution in [0.1, 0.15) is 11.1 Å². The Hall–Kier alpha value is -2.49. The van der Waals surface area contributed by atoms with Crippen LogP contribution in [0.25, 0.3) is 0 Å². The summed E-state index contributed by atoms with van der Waals surface area (Å²) in [5, 5.41) is 0. The van der Waals surface area contributed by atoms with Crippen LogP contribution in [0.4, 0.5) is 5.69 Å². The van der Waals surface area contributed by atoms with Crippen LogP contribution in [0.3, 0.4) is 0 Å². The van der Waals surface area contributed by atoms with Gasteiger partial charge in [-0.3, -0.25) is 4.79 Å². The standard InChI is InChI=1S/C20H22N2O2/c1-15-5-4-7-17(13-15)21-9-11-22(12-10-21)20(23)19-14-16-6-2-3-8-18(16)24-19/h2-8,13,19H,9-12,14H2,1H3/t19-/m1/s1. The molecule has 0 radical (unpaired) electrons. The van der Waals surface area contributed by atoms with Gasteiger partial charge in [0.1, 0.15) is 5.75 Å². The molecular weight excluding hydrogens is 300 g/mol. The molecule has 1 amide bonds. The van der Waals surface area contributed by atoms with E-state index in [-0.39, 0.29) is 12.0 Å². The number of nitrogens with zero attached hydrogens (tertiary/aromatic N) is 2. The quantitative estimate of drug-likeness (QED) is 0.852. The number of carbonyl (C=O) groups is 1. The number of fused-ring (bicyclic) bond motifs is 1. The van der Waals surface area contributed by atoms with Crippen LogP contribution in [0, 0.1) is 6.92 Å². The molecule has 2 heterocycles. The number of hydrogen-bond acceptors (Lipinski definition) is 3. The molecule has 0 unspecified atom stereocenters. The van der Waals surface area contributed by atoms with Gasteiger partial charge in [-0.2, -0.15) is 0 Å². The summed E-state index contributed by atoms with van der Waals surface area (Å²) in [5.41, 5.74) is 3.64. The molecule has 2 aromatic carbocycles. The first-order valence-corrected chi connectivity index (χ1v) is 8.56. The molecule has 0 saturated carbocycles. The van der Waals surface area contributed by atoms with Crippen LogP contribution in [-0.2, 0) is 11.2 Å². The van der Waals surface area contributed by atoms with E-state index in [1.165, 1.54) is 11.3 Å². The Morgan fingerprint density at radius 1 is 1.04 bits per heavy atom. The predicted octanol–water partition coefficient (Wildman–Crippen LogP) is 2.65. The van der Waals surface area contributed by atoms with E-state index in [1.54, 1.807) is 0 Å². The molecule has 1 saturated heterocycles. The molecule has 2 aromatic rings. The van der Waals surface area contributed by atoms with Crippen LogP contribution >= 0.6 is 0 Å². The van der Waals surface area contributed by atoms with Gasteiger partial charge in [-0.15, -0.1) is 0 Å². The molecule has 0 spiro atoms. The Bertz CT molecular complexity index is 726. The number of rotatable bonds is 2. The topological polar surface area (TPSA) is 32.8 Å². The number of para-hydroxylation sites is 1. The first-order valence-electron chi connectivity index (χ1n) is 8.56. The molecule has 0 aromatic heterocycles. The van der Waals surface area contributed by atoms with Gasteiger partial charge in [0.25, 0.3) is 5.91 Å². The minimum Gasteiger partial charge on any atom is -0.480 e. The zero-order chi connectivity index (χ0) is 16.5. The summed E-state index contributed by atoms with van der Waals surface area (Å²) in [6.07, 6.45) is 0.334. The molecule has 4 rings (SSSR count). The number of piperazine rings is 1. The predicted molar refractivity (Wildman–Crippen MR) is 94.5 cm³/mol. The average Bonchev–Trinajstić information content (AvgIpc) is 3.05. The average molecular weight is 322 g/mol. The number of ether oxygens (including phenoxy) is 1. The van der Waals surface area contributed by atoms with E-state index in [0.717, 1.165) is 37.5 Å². The molecule has 124 valence electrons. The highest BCUT2D eigenvalue weighted by molar-refractivity contribution is 5.83. The summed E-state index contributed by atoms with van der Waals surface area (Å²) in [7, 11) is 0. The lowest BCUT2D eigenvalue weighted by Gasteiger charge is -2.37. The van der Waals surface area contributed by atoms with Crippen molar-refractivity contribution in [2.75, 3.05) is 31.1 Å². The van der Waals surface area contributed by atoms with Crippen LogP contribution in [0.15, 0.2) is 48.5 Å². The number of anilines is 1. The summed E-state index contributed by atoms with van der Waals surface area (Å²) in [5.74, 6) is 0.976. The molecule has 4 nitrogen and oxygen atoms in total. The summed E-state index contributed by atoms with van der Waals surface area (Å²) < 4.78 is 5.84. The minimum atomic E-state index is -0.354. The number of carbonyl (C=O) groups excluding carboxylic acids is 1. The van der Waals surface area contributed by atoms with Gasteiger partial charge in [-0.05, 0) is 36.2 Å². The Labute approximate surface area is 142 Å². The van der Waals surface area contributed by atoms with Gasteiger partial charge in [0.15, 0.2) is 6.10 Å². The van der Waals surface area contributed by atoms with Crippen molar-refractivity contribution in [3.63, 3.8) is 0 Å². The van der Waals surface area contributed by atoms with Crippen molar-refractivity contribution in [1.82, 2.24) is 4.90 Å². The fourth-order valence-electron chi connectivity index (χ4n) is 3.53. The van der Waals surface area contributed by atoms with Crippen molar-refractivity contribution in [3.8, 4) is 5.75 Å². The van der Waals surface area contributed by atoms with Crippen LogP contribution in [-0.4, -0.2) is 43.1 Å². The van der Waals surface area contributed by atoms with Crippen molar-refractivity contribution < 1.29 is 9.53 Å². The van der Waals surface area contributed by atoms with E-state index in [9.17, 15) is 4.79 Å². The highest BCUT2D eigenvalue weighted by atomic mass is 16.5. The molecule has 1 atom stereocenters. The maximum Gasteiger partial charge on any atom is 0.264 e. The zero-order valence-corrected chi connectivity index (χ0v) is 13.9. The molecule has 0 bridgehead atoms. The van der Waals surface area contributed by atoms with Crippen molar-refractivity contribution >= 4 is 11.6 Å². The fraction of sp³-hybridized carbons (Fsp3) is 0.350. The lowest BCUT2D eigenvalue weighted by Crippen LogP contribution is -2.52. The molecule has 0 N–H and O–H groups in total. The molecule has 1 fully saturated rings. The minimum absolute atomic E-state index is 0.120. The van der Waals surface area contributed by atoms with Gasteiger partial charge >= 0.3 is 0 Å². The SMILES string of the molecule is Cc1cccc(N2CCN(C(=O)[C@H]3Cc4ccccc4O3)CC2)c1. The van der Waals surface area contributed by atoms with Gasteiger partial charge in [0.05, 0.1) is 0 Å². The maximum atomic E-state index is 12.7. The van der Waals surface area contributed by atoms with Crippen molar-refractivity contribution in [3.05, 3.63) is 59.7 Å².